The van der Waals surface area contributed by atoms with E-state index in [4.69, 9.17) is 14.7 Å². The van der Waals surface area contributed by atoms with Gasteiger partial charge in [0.15, 0.2) is 0 Å². The van der Waals surface area contributed by atoms with E-state index in [1.54, 1.807) is 0 Å². The molecule has 1 aromatic rings. The molecule has 1 N–H and O–H groups in total. The van der Waals surface area contributed by atoms with E-state index in [1.165, 1.54) is 30.5 Å². The zero-order valence-corrected chi connectivity index (χ0v) is 11.0. The zero-order chi connectivity index (χ0) is 12.4. The highest BCUT2D eigenvalue weighted by Gasteiger charge is 2.24. The SMILES string of the molecule is CNc1nc(C2CCOC2)nc2c1CCCCC2. The Balaban J connectivity index is 1.98. The van der Waals surface area contributed by atoms with Gasteiger partial charge in [0.1, 0.15) is 11.6 Å². The normalized spacial score (nSPS) is 23.5. The number of rotatable bonds is 2. The molecule has 3 rings (SSSR count). The summed E-state index contributed by atoms with van der Waals surface area (Å²) in [4.78, 5) is 9.56. The van der Waals surface area contributed by atoms with Gasteiger partial charge >= 0.3 is 0 Å². The summed E-state index contributed by atoms with van der Waals surface area (Å²) in [7, 11) is 1.96. The van der Waals surface area contributed by atoms with Crippen LogP contribution in [0.3, 0.4) is 0 Å². The average Bonchev–Trinajstić information content (AvgIpc) is 2.83. The zero-order valence-electron chi connectivity index (χ0n) is 11.0. The third-order valence-corrected chi connectivity index (χ3v) is 3.98. The molecule has 0 amide bonds. The highest BCUT2D eigenvalue weighted by atomic mass is 16.5. The van der Waals surface area contributed by atoms with Crippen LogP contribution >= 0.6 is 0 Å². The van der Waals surface area contributed by atoms with E-state index in [2.05, 4.69) is 5.32 Å². The molecule has 18 heavy (non-hydrogen) atoms. The second kappa shape index (κ2) is 5.22. The van der Waals surface area contributed by atoms with Crippen LogP contribution in [0.25, 0.3) is 0 Å². The molecule has 1 aliphatic heterocycles. The van der Waals surface area contributed by atoms with Crippen LogP contribution in [0.1, 0.15) is 48.7 Å². The van der Waals surface area contributed by atoms with Crippen molar-refractivity contribution in [2.75, 3.05) is 25.6 Å². The molecule has 1 saturated heterocycles. The van der Waals surface area contributed by atoms with Crippen molar-refractivity contribution in [3.63, 3.8) is 0 Å². The minimum atomic E-state index is 0.394. The highest BCUT2D eigenvalue weighted by molar-refractivity contribution is 5.47. The Hall–Kier alpha value is -1.16. The van der Waals surface area contributed by atoms with Crippen LogP contribution in [0.5, 0.6) is 0 Å². The Labute approximate surface area is 108 Å². The molecule has 0 radical (unpaired) electrons. The van der Waals surface area contributed by atoms with Crippen LogP contribution in [0.15, 0.2) is 0 Å². The maximum absolute atomic E-state index is 5.45. The molecule has 4 nitrogen and oxygen atoms in total. The van der Waals surface area contributed by atoms with E-state index >= 15 is 0 Å². The van der Waals surface area contributed by atoms with E-state index in [1.807, 2.05) is 7.05 Å². The predicted octanol–water partition coefficient (Wildman–Crippen LogP) is 2.29. The number of fused-ring (bicyclic) bond motifs is 1. The van der Waals surface area contributed by atoms with Gasteiger partial charge in [-0.1, -0.05) is 6.42 Å². The molecule has 1 fully saturated rings. The molecule has 1 atom stereocenters. The maximum atomic E-state index is 5.45. The van der Waals surface area contributed by atoms with Crippen molar-refractivity contribution in [2.24, 2.45) is 0 Å². The Morgan fingerprint density at radius 1 is 1.17 bits per heavy atom. The Morgan fingerprint density at radius 2 is 2.06 bits per heavy atom. The van der Waals surface area contributed by atoms with Crippen LogP contribution < -0.4 is 5.32 Å². The first kappa shape index (κ1) is 11.9. The van der Waals surface area contributed by atoms with Gasteiger partial charge in [0, 0.05) is 30.8 Å². The predicted molar refractivity (Wildman–Crippen MR) is 71.0 cm³/mol. The minimum absolute atomic E-state index is 0.394. The fraction of sp³-hybridized carbons (Fsp3) is 0.714. The summed E-state index contributed by atoms with van der Waals surface area (Å²) in [5, 5.41) is 3.25. The van der Waals surface area contributed by atoms with Gasteiger partial charge < -0.3 is 10.1 Å². The number of nitrogens with one attached hydrogen (secondary N) is 1. The Morgan fingerprint density at radius 3 is 2.83 bits per heavy atom. The molecular formula is C14H21N3O. The summed E-state index contributed by atoms with van der Waals surface area (Å²) in [6.45, 7) is 1.63. The number of aromatic nitrogens is 2. The van der Waals surface area contributed by atoms with Gasteiger partial charge in [0.05, 0.1) is 6.61 Å². The maximum Gasteiger partial charge on any atom is 0.136 e. The van der Waals surface area contributed by atoms with Gasteiger partial charge in [0.25, 0.3) is 0 Å². The van der Waals surface area contributed by atoms with Gasteiger partial charge in [0.2, 0.25) is 0 Å². The second-order valence-corrected chi connectivity index (χ2v) is 5.23. The van der Waals surface area contributed by atoms with E-state index in [-0.39, 0.29) is 0 Å². The fourth-order valence-corrected chi connectivity index (χ4v) is 2.92. The lowest BCUT2D eigenvalue weighted by atomic mass is 10.1. The molecule has 1 aromatic heterocycles. The van der Waals surface area contributed by atoms with Crippen molar-refractivity contribution in [1.29, 1.82) is 0 Å². The molecule has 1 unspecified atom stereocenters. The van der Waals surface area contributed by atoms with Crippen molar-refractivity contribution in [1.82, 2.24) is 9.97 Å². The van der Waals surface area contributed by atoms with Crippen LogP contribution in [-0.4, -0.2) is 30.2 Å². The van der Waals surface area contributed by atoms with Crippen LogP contribution in [0.4, 0.5) is 5.82 Å². The summed E-state index contributed by atoms with van der Waals surface area (Å²) in [5.74, 6) is 2.42. The first-order valence-corrected chi connectivity index (χ1v) is 7.03. The molecule has 1 aliphatic carbocycles. The standard InChI is InChI=1S/C14H21N3O/c1-15-14-11-5-3-2-4-6-12(11)16-13(17-14)10-7-8-18-9-10/h10H,2-9H2,1H3,(H,15,16,17). The van der Waals surface area contributed by atoms with Crippen molar-refractivity contribution in [3.8, 4) is 0 Å². The molecule has 0 spiro atoms. The van der Waals surface area contributed by atoms with Crippen molar-refractivity contribution >= 4 is 5.82 Å². The van der Waals surface area contributed by atoms with E-state index in [0.717, 1.165) is 44.1 Å². The number of ether oxygens (including phenoxy) is 1. The molecule has 0 bridgehead atoms. The first-order valence-electron chi connectivity index (χ1n) is 7.03. The first-order chi connectivity index (χ1) is 8.88. The average molecular weight is 247 g/mol. The van der Waals surface area contributed by atoms with Crippen LogP contribution in [0.2, 0.25) is 0 Å². The largest absolute Gasteiger partial charge is 0.381 e. The van der Waals surface area contributed by atoms with E-state index in [9.17, 15) is 0 Å². The molecule has 98 valence electrons. The summed E-state index contributed by atoms with van der Waals surface area (Å²) in [5.41, 5.74) is 2.62. The van der Waals surface area contributed by atoms with Gasteiger partial charge in [-0.2, -0.15) is 0 Å². The van der Waals surface area contributed by atoms with Gasteiger partial charge in [-0.3, -0.25) is 0 Å². The third-order valence-electron chi connectivity index (χ3n) is 3.98. The smallest absolute Gasteiger partial charge is 0.136 e. The van der Waals surface area contributed by atoms with Gasteiger partial charge in [-0.15, -0.1) is 0 Å². The summed E-state index contributed by atoms with van der Waals surface area (Å²) < 4.78 is 5.45. The quantitative estimate of drug-likeness (QED) is 0.815. The van der Waals surface area contributed by atoms with Gasteiger partial charge in [-0.05, 0) is 32.1 Å². The number of nitrogens with zero attached hydrogens (tertiary/aromatic N) is 2. The van der Waals surface area contributed by atoms with Crippen LogP contribution in [-0.2, 0) is 17.6 Å². The molecule has 0 aromatic carbocycles. The summed E-state index contributed by atoms with van der Waals surface area (Å²) in [6.07, 6.45) is 7.11. The lowest BCUT2D eigenvalue weighted by Crippen LogP contribution is -2.12. The molecule has 2 heterocycles. The van der Waals surface area contributed by atoms with E-state index < -0.39 is 0 Å². The molecule has 4 heteroatoms. The van der Waals surface area contributed by atoms with Crippen LogP contribution in [0, 0.1) is 0 Å². The second-order valence-electron chi connectivity index (χ2n) is 5.23. The number of hydrogen-bond acceptors (Lipinski definition) is 4. The van der Waals surface area contributed by atoms with Crippen molar-refractivity contribution in [2.45, 2.75) is 44.4 Å². The number of hydrogen-bond donors (Lipinski definition) is 1. The van der Waals surface area contributed by atoms with Gasteiger partial charge in [-0.25, -0.2) is 9.97 Å². The van der Waals surface area contributed by atoms with E-state index in [0.29, 0.717) is 5.92 Å². The minimum Gasteiger partial charge on any atom is -0.381 e. The molecular weight excluding hydrogens is 226 g/mol. The Kier molecular flexibility index (Phi) is 3.46. The lowest BCUT2D eigenvalue weighted by Gasteiger charge is -2.15. The summed E-state index contributed by atoms with van der Waals surface area (Å²) in [6, 6.07) is 0. The number of anilines is 1. The lowest BCUT2D eigenvalue weighted by molar-refractivity contribution is 0.193. The third kappa shape index (κ3) is 2.21. The van der Waals surface area contributed by atoms with Crippen molar-refractivity contribution < 1.29 is 4.74 Å². The summed E-state index contributed by atoms with van der Waals surface area (Å²) >= 11 is 0. The molecule has 0 saturated carbocycles. The topological polar surface area (TPSA) is 47.0 Å². The molecule has 2 aliphatic rings. The fourth-order valence-electron chi connectivity index (χ4n) is 2.92. The highest BCUT2D eigenvalue weighted by Crippen LogP contribution is 2.29. The monoisotopic (exact) mass is 247 g/mol. The number of aryl methyl sites for hydroxylation is 1. The van der Waals surface area contributed by atoms with Crippen molar-refractivity contribution in [3.05, 3.63) is 17.1 Å². The Bertz CT molecular complexity index is 427.